The van der Waals surface area contributed by atoms with Crippen LogP contribution in [0.5, 0.6) is 0 Å². The first-order chi connectivity index (χ1) is 4.15. The summed E-state index contributed by atoms with van der Waals surface area (Å²) in [6.45, 7) is 8.04. The Morgan fingerprint density at radius 2 is 1.30 bits per heavy atom. The third-order valence-electron chi connectivity index (χ3n) is 2.06. The molecule has 0 aliphatic rings. The fourth-order valence-electron chi connectivity index (χ4n) is 0.760. The predicted molar refractivity (Wildman–Crippen MR) is 39.2 cm³/mol. The molecule has 0 heterocycles. The van der Waals surface area contributed by atoms with Crippen LogP contribution in [0, 0.1) is 11.3 Å². The van der Waals surface area contributed by atoms with Crippen LogP contribution < -0.4 is 0 Å². The molecule has 0 spiro atoms. The number of halogens is 2. The fraction of sp³-hybridized carbons (Fsp3) is 1.00. The minimum Gasteiger partial charge on any atom is -0.207 e. The van der Waals surface area contributed by atoms with Gasteiger partial charge in [-0.1, -0.05) is 27.7 Å². The van der Waals surface area contributed by atoms with Gasteiger partial charge in [0.2, 0.25) is 5.92 Å². The lowest BCUT2D eigenvalue weighted by Crippen LogP contribution is -2.32. The maximum absolute atomic E-state index is 12.6. The minimum atomic E-state index is -2.56. The molecule has 0 nitrogen and oxygen atoms in total. The average Bonchev–Trinajstić information content (AvgIpc) is 1.59. The molecule has 62 valence electrons. The number of rotatable bonds is 1. The van der Waals surface area contributed by atoms with Crippen LogP contribution in [0.25, 0.3) is 0 Å². The van der Waals surface area contributed by atoms with Crippen molar-refractivity contribution in [3.8, 4) is 0 Å². The SMILES string of the molecule is C[C@H](C(C)(C)C)C(C)(F)F. The van der Waals surface area contributed by atoms with Crippen LogP contribution in [-0.2, 0) is 0 Å². The number of alkyl halides is 2. The van der Waals surface area contributed by atoms with Gasteiger partial charge in [0.1, 0.15) is 0 Å². The smallest absolute Gasteiger partial charge is 0.207 e. The molecule has 0 aromatic carbocycles. The Labute approximate surface area is 61.6 Å². The standard InChI is InChI=1S/C8H16F2/c1-6(7(2,3)4)8(5,9)10/h6H,1-5H3/t6-/m1/s1. The first-order valence-electron chi connectivity index (χ1n) is 3.53. The molecule has 0 fully saturated rings. The quantitative estimate of drug-likeness (QED) is 0.538. The van der Waals surface area contributed by atoms with Gasteiger partial charge >= 0.3 is 0 Å². The van der Waals surface area contributed by atoms with E-state index in [1.807, 2.05) is 20.8 Å². The Hall–Kier alpha value is -0.140. The summed E-state index contributed by atoms with van der Waals surface area (Å²) >= 11 is 0. The Kier molecular flexibility index (Phi) is 2.44. The van der Waals surface area contributed by atoms with Crippen LogP contribution in [0.15, 0.2) is 0 Å². The summed E-state index contributed by atoms with van der Waals surface area (Å²) in [7, 11) is 0. The normalized spacial score (nSPS) is 17.1. The Morgan fingerprint density at radius 1 is 1.00 bits per heavy atom. The molecule has 0 N–H and O–H groups in total. The molecule has 2 heteroatoms. The lowest BCUT2D eigenvalue weighted by Gasteiger charge is -2.31. The molecule has 0 rings (SSSR count). The van der Waals surface area contributed by atoms with E-state index >= 15 is 0 Å². The van der Waals surface area contributed by atoms with Crippen molar-refractivity contribution in [2.45, 2.75) is 40.5 Å². The second kappa shape index (κ2) is 2.48. The van der Waals surface area contributed by atoms with E-state index < -0.39 is 11.8 Å². The first kappa shape index (κ1) is 9.86. The zero-order valence-electron chi connectivity index (χ0n) is 7.33. The van der Waals surface area contributed by atoms with Crippen LogP contribution >= 0.6 is 0 Å². The summed E-state index contributed by atoms with van der Waals surface area (Å²) in [6, 6.07) is 0. The molecule has 0 saturated heterocycles. The summed E-state index contributed by atoms with van der Waals surface area (Å²) in [5, 5.41) is 0. The predicted octanol–water partition coefficient (Wildman–Crippen LogP) is 3.32. The molecule has 0 aliphatic carbocycles. The fourth-order valence-corrected chi connectivity index (χ4v) is 0.760. The third-order valence-corrected chi connectivity index (χ3v) is 2.06. The lowest BCUT2D eigenvalue weighted by atomic mass is 9.79. The van der Waals surface area contributed by atoms with Gasteiger partial charge in [-0.3, -0.25) is 0 Å². The van der Waals surface area contributed by atoms with E-state index in [2.05, 4.69) is 0 Å². The zero-order valence-corrected chi connectivity index (χ0v) is 7.33. The van der Waals surface area contributed by atoms with Gasteiger partial charge < -0.3 is 0 Å². The van der Waals surface area contributed by atoms with Crippen molar-refractivity contribution >= 4 is 0 Å². The summed E-state index contributed by atoms with van der Waals surface area (Å²) in [6.07, 6.45) is 0. The van der Waals surface area contributed by atoms with Gasteiger partial charge in [0.25, 0.3) is 0 Å². The lowest BCUT2D eigenvalue weighted by molar-refractivity contribution is -0.0730. The van der Waals surface area contributed by atoms with Crippen LogP contribution in [0.1, 0.15) is 34.6 Å². The molecule has 1 atom stereocenters. The molecule has 0 bridgehead atoms. The molecule has 0 saturated carbocycles. The van der Waals surface area contributed by atoms with Gasteiger partial charge in [0.05, 0.1) is 0 Å². The van der Waals surface area contributed by atoms with Gasteiger partial charge in [0.15, 0.2) is 0 Å². The summed E-state index contributed by atoms with van der Waals surface area (Å²) in [5.41, 5.74) is -0.307. The van der Waals surface area contributed by atoms with E-state index in [0.717, 1.165) is 6.92 Å². The van der Waals surface area contributed by atoms with Gasteiger partial charge in [0, 0.05) is 5.92 Å². The van der Waals surface area contributed by atoms with E-state index in [1.165, 1.54) is 0 Å². The molecular weight excluding hydrogens is 134 g/mol. The summed E-state index contributed by atoms with van der Waals surface area (Å²) in [4.78, 5) is 0. The summed E-state index contributed by atoms with van der Waals surface area (Å²) < 4.78 is 25.2. The van der Waals surface area contributed by atoms with E-state index in [-0.39, 0.29) is 5.41 Å². The van der Waals surface area contributed by atoms with E-state index in [9.17, 15) is 8.78 Å². The highest BCUT2D eigenvalue weighted by Gasteiger charge is 2.38. The first-order valence-corrected chi connectivity index (χ1v) is 3.53. The van der Waals surface area contributed by atoms with Crippen molar-refractivity contribution in [3.63, 3.8) is 0 Å². The molecule has 0 radical (unpaired) electrons. The van der Waals surface area contributed by atoms with E-state index in [4.69, 9.17) is 0 Å². The molecule has 0 amide bonds. The summed E-state index contributed by atoms with van der Waals surface area (Å²) in [5.74, 6) is -3.13. The zero-order chi connectivity index (χ0) is 8.58. The Balaban J connectivity index is 4.23. The van der Waals surface area contributed by atoms with Crippen molar-refractivity contribution in [3.05, 3.63) is 0 Å². The average molecular weight is 150 g/mol. The van der Waals surface area contributed by atoms with Crippen LogP contribution in [0.3, 0.4) is 0 Å². The second-order valence-corrected chi connectivity index (χ2v) is 4.04. The van der Waals surface area contributed by atoms with Crippen molar-refractivity contribution < 1.29 is 8.78 Å². The highest BCUT2D eigenvalue weighted by Crippen LogP contribution is 2.37. The van der Waals surface area contributed by atoms with Crippen LogP contribution in [0.2, 0.25) is 0 Å². The maximum Gasteiger partial charge on any atom is 0.248 e. The van der Waals surface area contributed by atoms with Crippen LogP contribution in [-0.4, -0.2) is 5.92 Å². The third kappa shape index (κ3) is 2.63. The number of hydrogen-bond acceptors (Lipinski definition) is 0. The second-order valence-electron chi connectivity index (χ2n) is 4.04. The molecule has 0 aromatic heterocycles. The van der Waals surface area contributed by atoms with Gasteiger partial charge in [-0.25, -0.2) is 8.78 Å². The van der Waals surface area contributed by atoms with Crippen molar-refractivity contribution in [2.24, 2.45) is 11.3 Å². The molecular formula is C8H16F2. The molecule has 0 aromatic rings. The Morgan fingerprint density at radius 3 is 1.30 bits per heavy atom. The molecule has 0 unspecified atom stereocenters. The van der Waals surface area contributed by atoms with Gasteiger partial charge in [-0.15, -0.1) is 0 Å². The topological polar surface area (TPSA) is 0 Å². The highest BCUT2D eigenvalue weighted by atomic mass is 19.3. The minimum absolute atomic E-state index is 0.307. The largest absolute Gasteiger partial charge is 0.248 e. The number of hydrogen-bond donors (Lipinski definition) is 0. The Bertz CT molecular complexity index is 91.4. The maximum atomic E-state index is 12.6. The van der Waals surface area contributed by atoms with Gasteiger partial charge in [-0.2, -0.15) is 0 Å². The van der Waals surface area contributed by atoms with Crippen molar-refractivity contribution in [1.29, 1.82) is 0 Å². The van der Waals surface area contributed by atoms with Crippen molar-refractivity contribution in [1.82, 2.24) is 0 Å². The van der Waals surface area contributed by atoms with Crippen molar-refractivity contribution in [2.75, 3.05) is 0 Å². The molecule has 0 aliphatic heterocycles. The van der Waals surface area contributed by atoms with Crippen LogP contribution in [0.4, 0.5) is 8.78 Å². The van der Waals surface area contributed by atoms with E-state index in [1.54, 1.807) is 6.92 Å². The monoisotopic (exact) mass is 150 g/mol. The van der Waals surface area contributed by atoms with Gasteiger partial charge in [-0.05, 0) is 12.3 Å². The molecule has 10 heavy (non-hydrogen) atoms. The van der Waals surface area contributed by atoms with E-state index in [0.29, 0.717) is 0 Å². The highest BCUT2D eigenvalue weighted by molar-refractivity contribution is 4.79.